The van der Waals surface area contributed by atoms with Crippen LogP contribution in [0.2, 0.25) is 0 Å². The molecule has 1 unspecified atom stereocenters. The fraction of sp³-hybridized carbons (Fsp3) is 0.562. The first kappa shape index (κ1) is 11.7. The van der Waals surface area contributed by atoms with Crippen LogP contribution in [0, 0.1) is 11.3 Å². The quantitative estimate of drug-likeness (QED) is 0.861. The number of nitriles is 1. The Bertz CT molecular complexity index is 468. The zero-order valence-electron chi connectivity index (χ0n) is 10.8. The molecule has 2 nitrogen and oxygen atoms in total. The van der Waals surface area contributed by atoms with E-state index >= 15 is 0 Å². The first-order valence-electron chi connectivity index (χ1n) is 7.11. The van der Waals surface area contributed by atoms with Gasteiger partial charge in [-0.1, -0.05) is 43.5 Å². The van der Waals surface area contributed by atoms with Gasteiger partial charge < -0.3 is 0 Å². The van der Waals surface area contributed by atoms with Gasteiger partial charge in [0.15, 0.2) is 0 Å². The second kappa shape index (κ2) is 4.74. The summed E-state index contributed by atoms with van der Waals surface area (Å²) in [6, 6.07) is 11.5. The molecule has 94 valence electrons. The van der Waals surface area contributed by atoms with Gasteiger partial charge in [0.05, 0.1) is 6.07 Å². The van der Waals surface area contributed by atoms with Crippen LogP contribution in [0.4, 0.5) is 0 Å². The average Bonchev–Trinajstić information content (AvgIpc) is 2.80. The van der Waals surface area contributed by atoms with Crippen LogP contribution >= 0.6 is 0 Å². The van der Waals surface area contributed by atoms with E-state index in [1.54, 1.807) is 0 Å². The third kappa shape index (κ3) is 1.93. The molecule has 2 aliphatic rings. The van der Waals surface area contributed by atoms with Crippen LogP contribution in [-0.2, 0) is 12.0 Å². The molecule has 18 heavy (non-hydrogen) atoms. The maximum absolute atomic E-state index is 9.68. The first-order valence-corrected chi connectivity index (χ1v) is 7.11. The van der Waals surface area contributed by atoms with Gasteiger partial charge in [0, 0.05) is 6.04 Å². The maximum atomic E-state index is 9.68. The molecule has 2 heteroatoms. The number of nitrogens with zero attached hydrogens (tertiary/aromatic N) is 1. The van der Waals surface area contributed by atoms with Gasteiger partial charge >= 0.3 is 0 Å². The molecule has 1 saturated carbocycles. The smallest absolute Gasteiger partial charge is 0.133 e. The van der Waals surface area contributed by atoms with Crippen LogP contribution in [0.3, 0.4) is 0 Å². The number of aryl methyl sites for hydroxylation is 1. The molecule has 0 bridgehead atoms. The molecule has 0 saturated heterocycles. The van der Waals surface area contributed by atoms with E-state index in [2.05, 4.69) is 35.7 Å². The summed E-state index contributed by atoms with van der Waals surface area (Å²) in [5.74, 6) is 0. The van der Waals surface area contributed by atoms with Crippen molar-refractivity contribution in [3.05, 3.63) is 35.4 Å². The topological polar surface area (TPSA) is 35.8 Å². The summed E-state index contributed by atoms with van der Waals surface area (Å²) in [6.07, 6.45) is 8.38. The maximum Gasteiger partial charge on any atom is 0.133 e. The van der Waals surface area contributed by atoms with E-state index in [0.717, 1.165) is 12.8 Å². The van der Waals surface area contributed by atoms with Crippen molar-refractivity contribution in [2.24, 2.45) is 0 Å². The minimum Gasteiger partial charge on any atom is -0.293 e. The summed E-state index contributed by atoms with van der Waals surface area (Å²) < 4.78 is 0. The molecule has 0 aliphatic heterocycles. The molecule has 1 atom stereocenters. The zero-order chi connectivity index (χ0) is 12.4. The largest absolute Gasteiger partial charge is 0.293 e. The molecule has 2 aliphatic carbocycles. The van der Waals surface area contributed by atoms with Crippen LogP contribution in [0.25, 0.3) is 0 Å². The Morgan fingerprint density at radius 2 is 1.94 bits per heavy atom. The SMILES string of the molecule is N#CC1(NC2CCCCC2)CCc2ccccc21. The number of benzene rings is 1. The van der Waals surface area contributed by atoms with E-state index in [9.17, 15) is 5.26 Å². The van der Waals surface area contributed by atoms with Crippen molar-refractivity contribution in [1.29, 1.82) is 5.26 Å². The van der Waals surface area contributed by atoms with E-state index < -0.39 is 5.54 Å². The Balaban J connectivity index is 1.86. The molecular formula is C16H20N2. The first-order chi connectivity index (χ1) is 8.84. The number of rotatable bonds is 2. The third-order valence-electron chi connectivity index (χ3n) is 4.49. The summed E-state index contributed by atoms with van der Waals surface area (Å²) in [5, 5.41) is 13.4. The van der Waals surface area contributed by atoms with Crippen molar-refractivity contribution < 1.29 is 0 Å². The van der Waals surface area contributed by atoms with Crippen LogP contribution in [0.1, 0.15) is 49.7 Å². The summed E-state index contributed by atoms with van der Waals surface area (Å²) in [6.45, 7) is 0. The van der Waals surface area contributed by atoms with Crippen LogP contribution in [0.5, 0.6) is 0 Å². The van der Waals surface area contributed by atoms with Gasteiger partial charge in [-0.15, -0.1) is 0 Å². The molecule has 0 heterocycles. The Labute approximate surface area is 109 Å². The van der Waals surface area contributed by atoms with Gasteiger partial charge in [-0.05, 0) is 36.8 Å². The van der Waals surface area contributed by atoms with Crippen molar-refractivity contribution >= 4 is 0 Å². The monoisotopic (exact) mass is 240 g/mol. The van der Waals surface area contributed by atoms with Gasteiger partial charge in [-0.3, -0.25) is 5.32 Å². The summed E-state index contributed by atoms with van der Waals surface area (Å²) in [7, 11) is 0. The number of hydrogen-bond acceptors (Lipinski definition) is 2. The van der Waals surface area contributed by atoms with E-state index in [1.165, 1.54) is 43.2 Å². The van der Waals surface area contributed by atoms with Crippen molar-refractivity contribution in [3.8, 4) is 6.07 Å². The molecule has 3 rings (SSSR count). The van der Waals surface area contributed by atoms with Gasteiger partial charge in [0.25, 0.3) is 0 Å². The van der Waals surface area contributed by atoms with Crippen LogP contribution in [0.15, 0.2) is 24.3 Å². The summed E-state index contributed by atoms with van der Waals surface area (Å²) in [5.41, 5.74) is 2.15. The molecule has 1 N–H and O–H groups in total. The predicted molar refractivity (Wildman–Crippen MR) is 72.1 cm³/mol. The zero-order valence-corrected chi connectivity index (χ0v) is 10.8. The van der Waals surface area contributed by atoms with E-state index in [4.69, 9.17) is 0 Å². The highest BCUT2D eigenvalue weighted by atomic mass is 15.0. The molecular weight excluding hydrogens is 220 g/mol. The average molecular weight is 240 g/mol. The lowest BCUT2D eigenvalue weighted by Crippen LogP contribution is -2.46. The normalized spacial score (nSPS) is 27.7. The summed E-state index contributed by atoms with van der Waals surface area (Å²) in [4.78, 5) is 0. The van der Waals surface area contributed by atoms with E-state index in [1.807, 2.05) is 0 Å². The lowest BCUT2D eigenvalue weighted by molar-refractivity contribution is 0.295. The van der Waals surface area contributed by atoms with Gasteiger partial charge in [-0.2, -0.15) is 5.26 Å². The highest BCUT2D eigenvalue weighted by Crippen LogP contribution is 2.37. The number of hydrogen-bond donors (Lipinski definition) is 1. The minimum atomic E-state index is -0.418. The number of fused-ring (bicyclic) bond motifs is 1. The van der Waals surface area contributed by atoms with Crippen LogP contribution in [-0.4, -0.2) is 6.04 Å². The predicted octanol–water partition coefficient (Wildman–Crippen LogP) is 3.27. The molecule has 1 aromatic carbocycles. The number of nitrogens with one attached hydrogen (secondary N) is 1. The molecule has 0 spiro atoms. The van der Waals surface area contributed by atoms with Crippen molar-refractivity contribution in [2.45, 2.75) is 56.5 Å². The van der Waals surface area contributed by atoms with Crippen molar-refractivity contribution in [1.82, 2.24) is 5.32 Å². The van der Waals surface area contributed by atoms with Crippen LogP contribution < -0.4 is 5.32 Å². The van der Waals surface area contributed by atoms with Crippen molar-refractivity contribution in [3.63, 3.8) is 0 Å². The Kier molecular flexibility index (Phi) is 3.09. The second-order valence-corrected chi connectivity index (χ2v) is 5.65. The molecule has 1 aromatic rings. The highest BCUT2D eigenvalue weighted by Gasteiger charge is 2.40. The second-order valence-electron chi connectivity index (χ2n) is 5.65. The summed E-state index contributed by atoms with van der Waals surface area (Å²) >= 11 is 0. The van der Waals surface area contributed by atoms with E-state index in [0.29, 0.717) is 6.04 Å². The minimum absolute atomic E-state index is 0.418. The lowest BCUT2D eigenvalue weighted by atomic mass is 9.88. The fourth-order valence-corrected chi connectivity index (χ4v) is 3.51. The van der Waals surface area contributed by atoms with Gasteiger partial charge in [0.2, 0.25) is 0 Å². The van der Waals surface area contributed by atoms with E-state index in [-0.39, 0.29) is 0 Å². The van der Waals surface area contributed by atoms with Gasteiger partial charge in [-0.25, -0.2) is 0 Å². The van der Waals surface area contributed by atoms with Gasteiger partial charge in [0.1, 0.15) is 5.54 Å². The molecule has 0 amide bonds. The molecule has 0 radical (unpaired) electrons. The Morgan fingerprint density at radius 3 is 2.72 bits per heavy atom. The lowest BCUT2D eigenvalue weighted by Gasteiger charge is -2.32. The molecule has 1 fully saturated rings. The highest BCUT2D eigenvalue weighted by molar-refractivity contribution is 5.43. The Hall–Kier alpha value is -1.33. The standard InChI is InChI=1S/C16H20N2/c17-12-16(18-14-7-2-1-3-8-14)11-10-13-6-4-5-9-15(13)16/h4-6,9,14,18H,1-3,7-8,10-11H2. The molecule has 0 aromatic heterocycles. The third-order valence-corrected chi connectivity index (χ3v) is 4.49. The fourth-order valence-electron chi connectivity index (χ4n) is 3.51. The van der Waals surface area contributed by atoms with Crippen molar-refractivity contribution in [2.75, 3.05) is 0 Å². The Morgan fingerprint density at radius 1 is 1.17 bits per heavy atom.